The van der Waals surface area contributed by atoms with E-state index in [0.717, 1.165) is 5.56 Å². The van der Waals surface area contributed by atoms with Crippen LogP contribution in [0.1, 0.15) is 31.2 Å². The second kappa shape index (κ2) is 8.05. The van der Waals surface area contributed by atoms with Crippen LogP contribution < -0.4 is 0 Å². The third kappa shape index (κ3) is 4.24. The molecule has 1 fully saturated rings. The summed E-state index contributed by atoms with van der Waals surface area (Å²) in [5.74, 6) is 1.32. The van der Waals surface area contributed by atoms with E-state index in [0.29, 0.717) is 43.9 Å². The molecule has 0 aliphatic carbocycles. The Hall–Kier alpha value is -2.56. The second-order valence-corrected chi connectivity index (χ2v) is 9.08. The summed E-state index contributed by atoms with van der Waals surface area (Å²) in [5.41, 5.74) is 2.08. The molecule has 1 aliphatic rings. The Morgan fingerprint density at radius 3 is 2.55 bits per heavy atom. The van der Waals surface area contributed by atoms with Gasteiger partial charge in [0, 0.05) is 24.8 Å². The number of benzene rings is 1. The average Bonchev–Trinajstić information content (AvgIpc) is 3.39. The Kier molecular flexibility index (Phi) is 5.48. The highest BCUT2D eigenvalue weighted by atomic mass is 32.2. The molecule has 10 heteroatoms. The van der Waals surface area contributed by atoms with Crippen LogP contribution in [0, 0.1) is 0 Å². The lowest BCUT2D eigenvalue weighted by Crippen LogP contribution is -2.40. The maximum Gasteiger partial charge on any atom is 0.262 e. The van der Waals surface area contributed by atoms with Gasteiger partial charge in [0.25, 0.3) is 15.9 Å². The molecule has 1 aromatic carbocycles. The number of imidazole rings is 1. The van der Waals surface area contributed by atoms with Gasteiger partial charge in [-0.25, -0.2) is 13.4 Å². The Balaban J connectivity index is 1.47. The maximum atomic E-state index is 12.7. The molecule has 1 saturated heterocycles. The molecule has 0 amide bonds. The van der Waals surface area contributed by atoms with Crippen molar-refractivity contribution in [3.05, 3.63) is 48.2 Å². The third-order valence-electron chi connectivity index (χ3n) is 4.80. The van der Waals surface area contributed by atoms with Crippen molar-refractivity contribution in [1.82, 2.24) is 24.0 Å². The van der Waals surface area contributed by atoms with E-state index in [1.54, 1.807) is 4.57 Å². The summed E-state index contributed by atoms with van der Waals surface area (Å²) in [6.07, 6.45) is 2.94. The van der Waals surface area contributed by atoms with Crippen molar-refractivity contribution >= 4 is 10.0 Å². The highest BCUT2D eigenvalue weighted by Gasteiger charge is 2.28. The first-order chi connectivity index (χ1) is 13.9. The van der Waals surface area contributed by atoms with Crippen molar-refractivity contribution in [3.63, 3.8) is 0 Å². The van der Waals surface area contributed by atoms with Crippen LogP contribution in [0.25, 0.3) is 11.5 Å². The molecule has 4 rings (SSSR count). The van der Waals surface area contributed by atoms with Crippen LogP contribution in [0.15, 0.2) is 46.3 Å². The Morgan fingerprint density at radius 2 is 1.86 bits per heavy atom. The summed E-state index contributed by atoms with van der Waals surface area (Å²) in [7, 11) is -3.63. The van der Waals surface area contributed by atoms with Crippen LogP contribution in [-0.2, 0) is 21.3 Å². The molecular weight excluding hydrogens is 394 g/mol. The summed E-state index contributed by atoms with van der Waals surface area (Å²) < 4.78 is 38.9. The maximum absolute atomic E-state index is 12.7. The van der Waals surface area contributed by atoms with E-state index in [2.05, 4.69) is 29.0 Å². The summed E-state index contributed by atoms with van der Waals surface area (Å²) in [6.45, 7) is 5.99. The summed E-state index contributed by atoms with van der Waals surface area (Å²) >= 11 is 0. The standard InChI is InChI=1S/C19H23N5O4S/c1-14(2)15-3-5-16(6-4-15)19-21-17(22-28-19)11-23-12-18(20-13-23)29(25,26)24-7-9-27-10-8-24/h3-6,12-14H,7-11H2,1-2H3. The van der Waals surface area contributed by atoms with Gasteiger partial charge in [0.15, 0.2) is 10.9 Å². The first-order valence-electron chi connectivity index (χ1n) is 9.46. The van der Waals surface area contributed by atoms with E-state index in [-0.39, 0.29) is 11.6 Å². The number of morpholine rings is 1. The van der Waals surface area contributed by atoms with Gasteiger partial charge in [-0.05, 0) is 23.6 Å². The number of rotatable bonds is 6. The lowest BCUT2D eigenvalue weighted by molar-refractivity contribution is 0.0729. The largest absolute Gasteiger partial charge is 0.379 e. The van der Waals surface area contributed by atoms with Crippen LogP contribution in [0.2, 0.25) is 0 Å². The summed E-state index contributed by atoms with van der Waals surface area (Å²) in [5, 5.41) is 4.00. The number of hydrogen-bond donors (Lipinski definition) is 0. The minimum absolute atomic E-state index is 0.00684. The van der Waals surface area contributed by atoms with Crippen LogP contribution in [0.5, 0.6) is 0 Å². The quantitative estimate of drug-likeness (QED) is 0.605. The Labute approximate surface area is 169 Å². The number of nitrogens with zero attached hydrogens (tertiary/aromatic N) is 5. The predicted octanol–water partition coefficient (Wildman–Crippen LogP) is 2.13. The van der Waals surface area contributed by atoms with Gasteiger partial charge in [-0.1, -0.05) is 31.1 Å². The molecule has 0 atom stereocenters. The molecule has 0 saturated carbocycles. The van der Waals surface area contributed by atoms with E-state index in [1.807, 2.05) is 24.3 Å². The van der Waals surface area contributed by atoms with E-state index >= 15 is 0 Å². The molecular formula is C19H23N5O4S. The van der Waals surface area contributed by atoms with Crippen LogP contribution in [0.3, 0.4) is 0 Å². The molecule has 0 spiro atoms. The smallest absolute Gasteiger partial charge is 0.262 e. The molecule has 3 aromatic rings. The zero-order valence-electron chi connectivity index (χ0n) is 16.4. The molecule has 9 nitrogen and oxygen atoms in total. The van der Waals surface area contributed by atoms with Gasteiger partial charge in [-0.15, -0.1) is 0 Å². The fourth-order valence-corrected chi connectivity index (χ4v) is 4.43. The van der Waals surface area contributed by atoms with Crippen LogP contribution >= 0.6 is 0 Å². The van der Waals surface area contributed by atoms with Crippen molar-refractivity contribution in [2.45, 2.75) is 31.3 Å². The number of ether oxygens (including phenoxy) is 1. The van der Waals surface area contributed by atoms with Gasteiger partial charge in [0.1, 0.15) is 0 Å². The van der Waals surface area contributed by atoms with Crippen LogP contribution in [0.4, 0.5) is 0 Å². The fraction of sp³-hybridized carbons (Fsp3) is 0.421. The van der Waals surface area contributed by atoms with Crippen molar-refractivity contribution < 1.29 is 17.7 Å². The summed E-state index contributed by atoms with van der Waals surface area (Å²) in [6, 6.07) is 8.00. The van der Waals surface area contributed by atoms with Gasteiger partial charge in [-0.3, -0.25) is 0 Å². The zero-order valence-corrected chi connectivity index (χ0v) is 17.2. The van der Waals surface area contributed by atoms with Crippen molar-refractivity contribution in [3.8, 4) is 11.5 Å². The molecule has 3 heterocycles. The van der Waals surface area contributed by atoms with Gasteiger partial charge in [0.05, 0.1) is 26.1 Å². The first-order valence-corrected chi connectivity index (χ1v) is 10.9. The topological polar surface area (TPSA) is 103 Å². The highest BCUT2D eigenvalue weighted by molar-refractivity contribution is 7.89. The highest BCUT2D eigenvalue weighted by Crippen LogP contribution is 2.22. The van der Waals surface area contributed by atoms with E-state index < -0.39 is 10.0 Å². The SMILES string of the molecule is CC(C)c1ccc(-c2nc(Cn3cnc(S(=O)(=O)N4CCOCC4)c3)no2)cc1. The molecule has 29 heavy (non-hydrogen) atoms. The molecule has 0 radical (unpaired) electrons. The number of aromatic nitrogens is 4. The predicted molar refractivity (Wildman–Crippen MR) is 105 cm³/mol. The minimum atomic E-state index is -3.63. The molecule has 2 aromatic heterocycles. The second-order valence-electron chi connectivity index (χ2n) is 7.19. The van der Waals surface area contributed by atoms with Crippen molar-refractivity contribution in [1.29, 1.82) is 0 Å². The van der Waals surface area contributed by atoms with Gasteiger partial charge < -0.3 is 13.8 Å². The number of sulfonamides is 1. The van der Waals surface area contributed by atoms with Crippen molar-refractivity contribution in [2.24, 2.45) is 0 Å². The molecule has 0 unspecified atom stereocenters. The fourth-order valence-electron chi connectivity index (χ4n) is 3.09. The normalized spacial score (nSPS) is 15.8. The molecule has 1 aliphatic heterocycles. The van der Waals surface area contributed by atoms with Gasteiger partial charge in [-0.2, -0.15) is 9.29 Å². The molecule has 154 valence electrons. The summed E-state index contributed by atoms with van der Waals surface area (Å²) in [4.78, 5) is 8.47. The molecule has 0 N–H and O–H groups in total. The van der Waals surface area contributed by atoms with E-state index in [4.69, 9.17) is 9.26 Å². The Bertz CT molecular complexity index is 1070. The average molecular weight is 417 g/mol. The Morgan fingerprint density at radius 1 is 1.14 bits per heavy atom. The zero-order chi connectivity index (χ0) is 20.4. The van der Waals surface area contributed by atoms with Crippen LogP contribution in [-0.4, -0.2) is 58.7 Å². The van der Waals surface area contributed by atoms with Gasteiger partial charge >= 0.3 is 0 Å². The monoisotopic (exact) mass is 417 g/mol. The lowest BCUT2D eigenvalue weighted by atomic mass is 10.0. The van der Waals surface area contributed by atoms with E-state index in [9.17, 15) is 8.42 Å². The van der Waals surface area contributed by atoms with Crippen molar-refractivity contribution in [2.75, 3.05) is 26.3 Å². The van der Waals surface area contributed by atoms with E-state index in [1.165, 1.54) is 22.4 Å². The molecule has 0 bridgehead atoms. The minimum Gasteiger partial charge on any atom is -0.379 e. The lowest BCUT2D eigenvalue weighted by Gasteiger charge is -2.24. The third-order valence-corrected chi connectivity index (χ3v) is 6.58. The van der Waals surface area contributed by atoms with Gasteiger partial charge in [0.2, 0.25) is 0 Å². The number of hydrogen-bond acceptors (Lipinski definition) is 7. The first kappa shape index (κ1) is 19.7.